The van der Waals surface area contributed by atoms with Gasteiger partial charge >= 0.3 is 0 Å². The summed E-state index contributed by atoms with van der Waals surface area (Å²) in [6.45, 7) is 1.16. The minimum absolute atomic E-state index is 0.214. The van der Waals surface area contributed by atoms with Crippen LogP contribution in [-0.4, -0.2) is 99.4 Å². The van der Waals surface area contributed by atoms with E-state index in [1.807, 2.05) is 0 Å². The highest BCUT2D eigenvalue weighted by Gasteiger charge is 2.50. The highest BCUT2D eigenvalue weighted by molar-refractivity contribution is 5.04. The van der Waals surface area contributed by atoms with Crippen molar-refractivity contribution in [3.05, 3.63) is 0 Å². The number of hydrogen-bond acceptors (Lipinski definition) is 9. The molecular weight excluding hydrogens is 310 g/mol. The lowest BCUT2D eigenvalue weighted by Crippen LogP contribution is -2.70. The lowest BCUT2D eigenvalue weighted by molar-refractivity contribution is -0.219. The number of hydrogen-bond donors (Lipinski definition) is 7. The monoisotopic (exact) mass is 337 g/mol. The molecule has 7 N–H and O–H groups in total. The van der Waals surface area contributed by atoms with Crippen LogP contribution in [-0.2, 0) is 9.47 Å². The molecule has 0 radical (unpaired) electrons. The Morgan fingerprint density at radius 3 is 2.17 bits per heavy atom. The van der Waals surface area contributed by atoms with Crippen LogP contribution in [0.25, 0.3) is 0 Å². The van der Waals surface area contributed by atoms with E-state index in [4.69, 9.17) is 9.47 Å². The molecule has 1 saturated heterocycles. The van der Waals surface area contributed by atoms with E-state index in [0.717, 1.165) is 0 Å². The summed E-state index contributed by atoms with van der Waals surface area (Å²) in [7, 11) is 1.47. The minimum Gasteiger partial charge on any atom is -0.396 e. The molecule has 9 nitrogen and oxygen atoms in total. The van der Waals surface area contributed by atoms with E-state index in [1.165, 1.54) is 7.11 Å². The molecule has 1 heterocycles. The Morgan fingerprint density at radius 2 is 1.65 bits per heavy atom. The SMILES string of the molecule is COC1CC(O)C(NC2C(O)C(O)C(O)C(CO)C2O)C(C)O1. The zero-order valence-corrected chi connectivity index (χ0v) is 13.2. The van der Waals surface area contributed by atoms with Gasteiger partial charge in [0.1, 0.15) is 12.2 Å². The Hall–Kier alpha value is -0.360. The average molecular weight is 337 g/mol. The molecule has 10 unspecified atom stereocenters. The van der Waals surface area contributed by atoms with E-state index >= 15 is 0 Å². The van der Waals surface area contributed by atoms with Crippen LogP contribution in [0.15, 0.2) is 0 Å². The van der Waals surface area contributed by atoms with Gasteiger partial charge in [-0.05, 0) is 6.92 Å². The van der Waals surface area contributed by atoms with E-state index in [-0.39, 0.29) is 6.42 Å². The lowest BCUT2D eigenvalue weighted by Gasteiger charge is -2.47. The van der Waals surface area contributed by atoms with Gasteiger partial charge in [0.05, 0.1) is 43.1 Å². The lowest BCUT2D eigenvalue weighted by atomic mass is 9.77. The van der Waals surface area contributed by atoms with Crippen molar-refractivity contribution in [2.75, 3.05) is 13.7 Å². The Labute approximate surface area is 134 Å². The van der Waals surface area contributed by atoms with E-state index in [1.54, 1.807) is 6.92 Å². The van der Waals surface area contributed by atoms with Crippen molar-refractivity contribution in [3.8, 4) is 0 Å². The van der Waals surface area contributed by atoms with Gasteiger partial charge in [0.15, 0.2) is 6.29 Å². The van der Waals surface area contributed by atoms with Crippen LogP contribution in [0.4, 0.5) is 0 Å². The number of ether oxygens (including phenoxy) is 2. The Bertz CT molecular complexity index is 374. The van der Waals surface area contributed by atoms with Crippen LogP contribution in [0.1, 0.15) is 13.3 Å². The first-order chi connectivity index (χ1) is 10.8. The van der Waals surface area contributed by atoms with Crippen molar-refractivity contribution in [2.24, 2.45) is 5.92 Å². The fraction of sp³-hybridized carbons (Fsp3) is 1.00. The second-order valence-corrected chi connectivity index (χ2v) is 6.34. The molecule has 2 fully saturated rings. The third-order valence-corrected chi connectivity index (χ3v) is 4.89. The molecule has 0 bridgehead atoms. The summed E-state index contributed by atoms with van der Waals surface area (Å²) in [6.07, 6.45) is -7.36. The van der Waals surface area contributed by atoms with Gasteiger partial charge in [-0.3, -0.25) is 0 Å². The van der Waals surface area contributed by atoms with Crippen LogP contribution in [0, 0.1) is 5.92 Å². The first kappa shape index (κ1) is 19.0. The summed E-state index contributed by atoms with van der Waals surface area (Å²) in [5.41, 5.74) is 0. The van der Waals surface area contributed by atoms with Crippen molar-refractivity contribution in [1.82, 2.24) is 5.32 Å². The van der Waals surface area contributed by atoms with Crippen molar-refractivity contribution in [3.63, 3.8) is 0 Å². The molecule has 0 aromatic carbocycles. The van der Waals surface area contributed by atoms with Gasteiger partial charge in [-0.2, -0.15) is 0 Å². The molecule has 10 atom stereocenters. The van der Waals surface area contributed by atoms with Crippen molar-refractivity contribution in [1.29, 1.82) is 0 Å². The smallest absolute Gasteiger partial charge is 0.160 e. The highest BCUT2D eigenvalue weighted by atomic mass is 16.7. The van der Waals surface area contributed by atoms with Crippen LogP contribution in [0.5, 0.6) is 0 Å². The quantitative estimate of drug-likeness (QED) is 0.277. The summed E-state index contributed by atoms with van der Waals surface area (Å²) in [6, 6.07) is -1.65. The Morgan fingerprint density at radius 1 is 1.00 bits per heavy atom. The van der Waals surface area contributed by atoms with Gasteiger partial charge in [0, 0.05) is 19.4 Å². The number of aliphatic hydroxyl groups is 6. The summed E-state index contributed by atoms with van der Waals surface area (Å²) in [5.74, 6) is -1.01. The first-order valence-corrected chi connectivity index (χ1v) is 7.77. The third-order valence-electron chi connectivity index (χ3n) is 4.89. The van der Waals surface area contributed by atoms with Crippen LogP contribution >= 0.6 is 0 Å². The molecule has 0 spiro atoms. The van der Waals surface area contributed by atoms with Crippen molar-refractivity contribution in [2.45, 2.75) is 68.3 Å². The topological polar surface area (TPSA) is 152 Å². The number of rotatable bonds is 4. The van der Waals surface area contributed by atoms with Crippen LogP contribution in [0.3, 0.4) is 0 Å². The molecule has 0 aromatic heterocycles. The molecule has 1 aliphatic heterocycles. The second kappa shape index (κ2) is 7.68. The zero-order chi connectivity index (χ0) is 17.3. The maximum Gasteiger partial charge on any atom is 0.160 e. The molecule has 2 rings (SSSR count). The predicted octanol–water partition coefficient (Wildman–Crippen LogP) is -3.48. The molecule has 1 aliphatic carbocycles. The Balaban J connectivity index is 2.11. The summed E-state index contributed by atoms with van der Waals surface area (Å²) in [5, 5.41) is 62.6. The van der Waals surface area contributed by atoms with Gasteiger partial charge in [-0.25, -0.2) is 0 Å². The van der Waals surface area contributed by atoms with Gasteiger partial charge in [0.25, 0.3) is 0 Å². The summed E-state index contributed by atoms with van der Waals surface area (Å²) in [4.78, 5) is 0. The van der Waals surface area contributed by atoms with E-state index < -0.39 is 67.5 Å². The standard InChI is InChI=1S/C14H27NO8/c1-5-9(7(17)3-8(22-2)23-5)15-10-11(18)6(4-16)12(19)14(21)13(10)20/h5-21H,3-4H2,1-2H3. The largest absolute Gasteiger partial charge is 0.396 e. The highest BCUT2D eigenvalue weighted by Crippen LogP contribution is 2.28. The molecule has 2 aliphatic rings. The van der Waals surface area contributed by atoms with E-state index in [2.05, 4.69) is 5.32 Å². The molecule has 1 saturated carbocycles. The molecule has 23 heavy (non-hydrogen) atoms. The maximum atomic E-state index is 10.3. The van der Waals surface area contributed by atoms with Crippen molar-refractivity contribution >= 4 is 0 Å². The maximum absolute atomic E-state index is 10.3. The van der Waals surface area contributed by atoms with Gasteiger partial charge in [-0.1, -0.05) is 0 Å². The minimum atomic E-state index is -1.52. The average Bonchev–Trinajstić information content (AvgIpc) is 2.52. The van der Waals surface area contributed by atoms with Crippen LogP contribution in [0.2, 0.25) is 0 Å². The number of methoxy groups -OCH3 is 1. The molecule has 9 heteroatoms. The van der Waals surface area contributed by atoms with Gasteiger partial charge in [-0.15, -0.1) is 0 Å². The molecule has 0 amide bonds. The first-order valence-electron chi connectivity index (χ1n) is 7.77. The fourth-order valence-corrected chi connectivity index (χ4v) is 3.41. The van der Waals surface area contributed by atoms with Crippen LogP contribution < -0.4 is 5.32 Å². The van der Waals surface area contributed by atoms with Crippen molar-refractivity contribution < 1.29 is 40.1 Å². The Kier molecular flexibility index (Phi) is 6.34. The van der Waals surface area contributed by atoms with Gasteiger partial charge in [0.2, 0.25) is 0 Å². The zero-order valence-electron chi connectivity index (χ0n) is 13.2. The van der Waals surface area contributed by atoms with E-state index in [0.29, 0.717) is 0 Å². The molecular formula is C14H27NO8. The summed E-state index contributed by atoms with van der Waals surface area (Å²) >= 11 is 0. The third kappa shape index (κ3) is 3.68. The molecule has 136 valence electrons. The normalized spacial score (nSPS) is 51.7. The van der Waals surface area contributed by atoms with Gasteiger partial charge < -0.3 is 45.4 Å². The predicted molar refractivity (Wildman–Crippen MR) is 77.3 cm³/mol. The number of nitrogens with one attached hydrogen (secondary N) is 1. The summed E-state index contributed by atoms with van der Waals surface area (Å²) < 4.78 is 10.6. The molecule has 0 aromatic rings. The van der Waals surface area contributed by atoms with E-state index in [9.17, 15) is 30.6 Å². The fourth-order valence-electron chi connectivity index (χ4n) is 3.41. The second-order valence-electron chi connectivity index (χ2n) is 6.34. The number of aliphatic hydroxyl groups excluding tert-OH is 6.